The average Bonchev–Trinajstić information content (AvgIpc) is 3.16. The monoisotopic (exact) mass is 528 g/mol. The first-order valence-corrected chi connectivity index (χ1v) is 11.0. The van der Waals surface area contributed by atoms with Crippen LogP contribution < -0.4 is 9.88 Å². The lowest BCUT2D eigenvalue weighted by Crippen LogP contribution is -2.49. The Hall–Kier alpha value is -3.24. The molecule has 0 bridgehead atoms. The molecule has 0 aliphatic rings. The van der Waals surface area contributed by atoms with E-state index in [4.69, 9.17) is 5.14 Å². The summed E-state index contributed by atoms with van der Waals surface area (Å²) in [5.74, 6) is -3.42. The minimum Gasteiger partial charge on any atom is -0.406 e. The molecular formula is C19H15F7N4O4S. The zero-order valence-electron chi connectivity index (χ0n) is 17.2. The second-order valence-electron chi connectivity index (χ2n) is 7.27. The maximum absolute atomic E-state index is 14.1. The van der Waals surface area contributed by atoms with Crippen LogP contribution in [0.3, 0.4) is 0 Å². The number of ether oxygens (including phenoxy) is 1. The molecule has 16 heteroatoms. The van der Waals surface area contributed by atoms with Gasteiger partial charge >= 0.3 is 12.5 Å². The van der Waals surface area contributed by atoms with Crippen LogP contribution in [0.15, 0.2) is 48.7 Å². The van der Waals surface area contributed by atoms with Gasteiger partial charge < -0.3 is 9.84 Å². The molecule has 1 unspecified atom stereocenters. The highest BCUT2D eigenvalue weighted by molar-refractivity contribution is 7.89. The molecule has 0 fully saturated rings. The van der Waals surface area contributed by atoms with Gasteiger partial charge in [-0.2, -0.15) is 18.3 Å². The molecule has 0 radical (unpaired) electrons. The van der Waals surface area contributed by atoms with Gasteiger partial charge in [-0.05, 0) is 36.4 Å². The Morgan fingerprint density at radius 1 is 1.03 bits per heavy atom. The molecule has 0 amide bonds. The first-order chi connectivity index (χ1) is 16.0. The number of hydrogen-bond acceptors (Lipinski definition) is 6. The van der Waals surface area contributed by atoms with Gasteiger partial charge in [0, 0.05) is 11.8 Å². The van der Waals surface area contributed by atoms with Crippen molar-refractivity contribution < 1.29 is 49.0 Å². The van der Waals surface area contributed by atoms with Gasteiger partial charge in [-0.1, -0.05) is 6.07 Å². The van der Waals surface area contributed by atoms with E-state index < -0.39 is 51.2 Å². The Morgan fingerprint density at radius 3 is 2.31 bits per heavy atom. The molecule has 8 nitrogen and oxygen atoms in total. The fraction of sp³-hybridized carbons (Fsp3) is 0.263. The van der Waals surface area contributed by atoms with Crippen molar-refractivity contribution in [2.24, 2.45) is 5.14 Å². The third-order valence-electron chi connectivity index (χ3n) is 4.54. The summed E-state index contributed by atoms with van der Waals surface area (Å²) in [5, 5.41) is 18.9. The summed E-state index contributed by atoms with van der Waals surface area (Å²) in [5.41, 5.74) is -5.49. The van der Waals surface area contributed by atoms with Crippen LogP contribution in [0, 0.1) is 5.82 Å². The van der Waals surface area contributed by atoms with Gasteiger partial charge in [-0.25, -0.2) is 22.9 Å². The number of aromatic nitrogens is 3. The number of halogens is 7. The zero-order chi connectivity index (χ0) is 26.2. The van der Waals surface area contributed by atoms with E-state index in [0.717, 1.165) is 35.0 Å². The van der Waals surface area contributed by atoms with Crippen molar-refractivity contribution in [1.29, 1.82) is 0 Å². The minimum atomic E-state index is -5.45. The predicted octanol–water partition coefficient (Wildman–Crippen LogP) is 3.07. The molecular weight excluding hydrogens is 513 g/mol. The Labute approximate surface area is 192 Å². The standard InChI is InChI=1S/C19H15F7N4O4S/c20-13-5-4-12(34-19(24,25)26)8-11(13)9-30-7-6-15(29-30)14-2-1-3-16(28-14)17(31,18(21,22)23)10-35(27,32)33/h1-8,31H,9-10H2,(H2,27,32,33). The van der Waals surface area contributed by atoms with Gasteiger partial charge in [0.05, 0.1) is 17.9 Å². The van der Waals surface area contributed by atoms with E-state index in [1.54, 1.807) is 0 Å². The second-order valence-corrected chi connectivity index (χ2v) is 8.89. The Bertz CT molecular complexity index is 1330. The number of alkyl halides is 6. The van der Waals surface area contributed by atoms with E-state index in [0.29, 0.717) is 0 Å². The van der Waals surface area contributed by atoms with E-state index in [1.165, 1.54) is 18.3 Å². The van der Waals surface area contributed by atoms with E-state index in [-0.39, 0.29) is 23.5 Å². The van der Waals surface area contributed by atoms with Crippen molar-refractivity contribution in [1.82, 2.24) is 14.8 Å². The van der Waals surface area contributed by atoms with Gasteiger partial charge in [0.2, 0.25) is 15.6 Å². The highest BCUT2D eigenvalue weighted by atomic mass is 32.2. The fourth-order valence-corrected chi connectivity index (χ4v) is 3.92. The highest BCUT2D eigenvalue weighted by Crippen LogP contribution is 2.39. The number of nitrogens with two attached hydrogens (primary N) is 1. The molecule has 1 atom stereocenters. The van der Waals surface area contributed by atoms with Crippen molar-refractivity contribution >= 4 is 10.0 Å². The Kier molecular flexibility index (Phi) is 6.84. The summed E-state index contributed by atoms with van der Waals surface area (Å²) in [6, 6.07) is 6.62. The first kappa shape index (κ1) is 26.4. The van der Waals surface area contributed by atoms with Crippen molar-refractivity contribution in [2.75, 3.05) is 5.75 Å². The van der Waals surface area contributed by atoms with Gasteiger partial charge in [0.15, 0.2) is 0 Å². The van der Waals surface area contributed by atoms with E-state index >= 15 is 0 Å². The summed E-state index contributed by atoms with van der Waals surface area (Å²) in [6.07, 6.45) is -9.20. The summed E-state index contributed by atoms with van der Waals surface area (Å²) < 4.78 is 119. The molecule has 0 spiro atoms. The van der Waals surface area contributed by atoms with Gasteiger partial charge in [0.1, 0.15) is 23.0 Å². The smallest absolute Gasteiger partial charge is 0.406 e. The normalized spacial score (nSPS) is 14.5. The van der Waals surface area contributed by atoms with E-state index in [1.807, 2.05) is 0 Å². The van der Waals surface area contributed by atoms with Gasteiger partial charge in [-0.3, -0.25) is 4.68 Å². The van der Waals surface area contributed by atoms with E-state index in [9.17, 15) is 44.3 Å². The quantitative estimate of drug-likeness (QED) is 0.455. The predicted molar refractivity (Wildman–Crippen MR) is 106 cm³/mol. The maximum Gasteiger partial charge on any atom is 0.573 e. The molecule has 2 aromatic heterocycles. The number of pyridine rings is 1. The number of hydrogen-bond donors (Lipinski definition) is 2. The molecule has 2 heterocycles. The lowest BCUT2D eigenvalue weighted by atomic mass is 10.0. The van der Waals surface area contributed by atoms with Crippen LogP contribution in [0.25, 0.3) is 11.4 Å². The largest absolute Gasteiger partial charge is 0.573 e. The zero-order valence-corrected chi connectivity index (χ0v) is 18.0. The van der Waals surface area contributed by atoms with Crippen LogP contribution in [0.2, 0.25) is 0 Å². The number of rotatable bonds is 7. The molecule has 0 aliphatic heterocycles. The van der Waals surface area contributed by atoms with Crippen molar-refractivity contribution in [3.8, 4) is 17.1 Å². The molecule has 35 heavy (non-hydrogen) atoms. The number of aliphatic hydroxyl groups is 1. The van der Waals surface area contributed by atoms with Crippen LogP contribution in [0.5, 0.6) is 5.75 Å². The number of nitrogens with zero attached hydrogens (tertiary/aromatic N) is 3. The van der Waals surface area contributed by atoms with E-state index in [2.05, 4.69) is 14.8 Å². The van der Waals surface area contributed by atoms with Gasteiger partial charge in [-0.15, -0.1) is 13.2 Å². The van der Waals surface area contributed by atoms with Crippen LogP contribution >= 0.6 is 0 Å². The third kappa shape index (κ3) is 6.46. The SMILES string of the molecule is NS(=O)(=O)CC(O)(c1cccc(-c2ccn(Cc3cc(OC(F)(F)F)ccc3F)n2)n1)C(F)(F)F. The van der Waals surface area contributed by atoms with Crippen LogP contribution in [0.4, 0.5) is 30.7 Å². The average molecular weight is 528 g/mol. The molecule has 190 valence electrons. The first-order valence-electron chi connectivity index (χ1n) is 9.32. The molecule has 0 aliphatic carbocycles. The van der Waals surface area contributed by atoms with Crippen molar-refractivity contribution in [2.45, 2.75) is 24.7 Å². The summed E-state index contributed by atoms with van der Waals surface area (Å²) in [7, 11) is -4.79. The Morgan fingerprint density at radius 2 is 1.71 bits per heavy atom. The highest BCUT2D eigenvalue weighted by Gasteiger charge is 2.58. The summed E-state index contributed by atoms with van der Waals surface area (Å²) in [6.45, 7) is -0.377. The lowest BCUT2D eigenvalue weighted by molar-refractivity contribution is -0.274. The number of benzene rings is 1. The van der Waals surface area contributed by atoms with Crippen LogP contribution in [-0.4, -0.2) is 46.6 Å². The molecule has 3 aromatic rings. The maximum atomic E-state index is 14.1. The molecule has 0 saturated carbocycles. The summed E-state index contributed by atoms with van der Waals surface area (Å²) in [4.78, 5) is 3.67. The number of sulfonamides is 1. The molecule has 1 aromatic carbocycles. The Balaban J connectivity index is 1.91. The molecule has 3 rings (SSSR count). The van der Waals surface area contributed by atoms with Crippen LogP contribution in [-0.2, 0) is 22.2 Å². The molecule has 3 N–H and O–H groups in total. The number of primary sulfonamides is 1. The topological polar surface area (TPSA) is 120 Å². The third-order valence-corrected chi connectivity index (χ3v) is 5.36. The minimum absolute atomic E-state index is 0.0601. The summed E-state index contributed by atoms with van der Waals surface area (Å²) >= 11 is 0. The van der Waals surface area contributed by atoms with Crippen molar-refractivity contribution in [3.63, 3.8) is 0 Å². The van der Waals surface area contributed by atoms with Gasteiger partial charge in [0.25, 0.3) is 0 Å². The molecule has 0 saturated heterocycles. The lowest BCUT2D eigenvalue weighted by Gasteiger charge is -2.29. The van der Waals surface area contributed by atoms with Crippen molar-refractivity contribution in [3.05, 3.63) is 65.7 Å². The second kappa shape index (κ2) is 9.09. The fourth-order valence-electron chi connectivity index (χ4n) is 3.03. The van der Waals surface area contributed by atoms with Crippen LogP contribution in [0.1, 0.15) is 11.3 Å².